The Bertz CT molecular complexity index is 1470. The minimum Gasteiger partial charge on any atom is -0.493 e. The quantitative estimate of drug-likeness (QED) is 0.412. The monoisotopic (exact) mass is 572 g/mol. The summed E-state index contributed by atoms with van der Waals surface area (Å²) in [6, 6.07) is 17.8. The smallest absolute Gasteiger partial charge is 0.254 e. The third kappa shape index (κ3) is 5.17. The number of halogens is 1. The summed E-state index contributed by atoms with van der Waals surface area (Å²) in [4.78, 5) is 33.8. The number of ether oxygens (including phenoxy) is 2. The molecule has 0 aromatic heterocycles. The zero-order valence-corrected chi connectivity index (χ0v) is 24.1. The first kappa shape index (κ1) is 28.0. The van der Waals surface area contributed by atoms with Crippen LogP contribution in [0.2, 0.25) is 0 Å². The van der Waals surface area contributed by atoms with Gasteiger partial charge in [0, 0.05) is 44.8 Å². The number of hydrogen-bond donors (Lipinski definition) is 1. The molecule has 0 radical (unpaired) electrons. The number of rotatable bonds is 8. The number of benzene rings is 3. The number of anilines is 1. The van der Waals surface area contributed by atoms with Crippen LogP contribution in [0.15, 0.2) is 60.7 Å². The molecule has 9 heteroatoms. The van der Waals surface area contributed by atoms with E-state index in [9.17, 15) is 14.0 Å². The summed E-state index contributed by atoms with van der Waals surface area (Å²) in [5.41, 5.74) is 3.99. The van der Waals surface area contributed by atoms with Gasteiger partial charge >= 0.3 is 0 Å². The van der Waals surface area contributed by atoms with Gasteiger partial charge < -0.3 is 24.6 Å². The Kier molecular flexibility index (Phi) is 8.02. The van der Waals surface area contributed by atoms with Crippen LogP contribution in [-0.2, 0) is 11.2 Å². The SMILES string of the molecule is COc1cc2c(cc1OC)C1C(C(=O)NCCCN3CCN(c4ccccc4F)CC3)c3ccccc3C(=O)N1CC2. The number of amides is 2. The Morgan fingerprint density at radius 1 is 0.929 bits per heavy atom. The Morgan fingerprint density at radius 3 is 2.40 bits per heavy atom. The van der Waals surface area contributed by atoms with E-state index in [2.05, 4.69) is 15.1 Å². The van der Waals surface area contributed by atoms with Crippen LogP contribution in [0.4, 0.5) is 10.1 Å². The lowest BCUT2D eigenvalue weighted by Crippen LogP contribution is -2.50. The first-order chi connectivity index (χ1) is 20.5. The van der Waals surface area contributed by atoms with Crippen molar-refractivity contribution in [3.8, 4) is 11.5 Å². The molecule has 0 aliphatic carbocycles. The van der Waals surface area contributed by atoms with Crippen LogP contribution in [0, 0.1) is 5.82 Å². The van der Waals surface area contributed by atoms with E-state index in [1.54, 1.807) is 20.3 Å². The maximum Gasteiger partial charge on any atom is 0.254 e. The van der Waals surface area contributed by atoms with E-state index in [1.165, 1.54) is 6.07 Å². The molecule has 8 nitrogen and oxygen atoms in total. The highest BCUT2D eigenvalue weighted by atomic mass is 19.1. The van der Waals surface area contributed by atoms with Crippen molar-refractivity contribution in [3.05, 3.63) is 88.7 Å². The molecule has 0 spiro atoms. The maximum atomic E-state index is 14.2. The van der Waals surface area contributed by atoms with Gasteiger partial charge in [0.25, 0.3) is 5.91 Å². The minimum atomic E-state index is -0.541. The van der Waals surface area contributed by atoms with Gasteiger partial charge in [-0.1, -0.05) is 30.3 Å². The fourth-order valence-electron chi connectivity index (χ4n) is 6.68. The molecule has 3 aliphatic rings. The van der Waals surface area contributed by atoms with Crippen LogP contribution in [-0.4, -0.2) is 81.6 Å². The van der Waals surface area contributed by atoms with Gasteiger partial charge in [0.1, 0.15) is 5.82 Å². The number of nitrogens with zero attached hydrogens (tertiary/aromatic N) is 3. The van der Waals surface area contributed by atoms with Crippen molar-refractivity contribution < 1.29 is 23.5 Å². The number of carbonyl (C=O) groups is 2. The average molecular weight is 573 g/mol. The fourth-order valence-corrected chi connectivity index (χ4v) is 6.68. The highest BCUT2D eigenvalue weighted by molar-refractivity contribution is 6.01. The van der Waals surface area contributed by atoms with Crippen molar-refractivity contribution in [1.29, 1.82) is 0 Å². The number of carbonyl (C=O) groups excluding carboxylic acids is 2. The molecule has 0 bridgehead atoms. The zero-order chi connectivity index (χ0) is 29.2. The molecule has 0 saturated carbocycles. The molecule has 3 aliphatic heterocycles. The van der Waals surface area contributed by atoms with E-state index in [0.717, 1.165) is 55.8 Å². The molecule has 2 atom stereocenters. The summed E-state index contributed by atoms with van der Waals surface area (Å²) < 4.78 is 25.3. The summed E-state index contributed by atoms with van der Waals surface area (Å²) >= 11 is 0. The molecule has 42 heavy (non-hydrogen) atoms. The maximum absolute atomic E-state index is 14.2. The molecule has 3 aromatic carbocycles. The van der Waals surface area contributed by atoms with Gasteiger partial charge in [-0.3, -0.25) is 14.5 Å². The molecule has 3 heterocycles. The van der Waals surface area contributed by atoms with Crippen molar-refractivity contribution in [1.82, 2.24) is 15.1 Å². The molecular weight excluding hydrogens is 535 g/mol. The molecule has 2 unspecified atom stereocenters. The van der Waals surface area contributed by atoms with E-state index in [4.69, 9.17) is 9.47 Å². The summed E-state index contributed by atoms with van der Waals surface area (Å²) in [5, 5.41) is 3.19. The molecule has 3 aromatic rings. The van der Waals surface area contributed by atoms with Crippen molar-refractivity contribution in [2.75, 3.05) is 64.9 Å². The minimum absolute atomic E-state index is 0.0467. The number of methoxy groups -OCH3 is 2. The van der Waals surface area contributed by atoms with E-state index in [0.29, 0.717) is 42.3 Å². The summed E-state index contributed by atoms with van der Waals surface area (Å²) in [6.45, 7) is 5.14. The fraction of sp³-hybridized carbons (Fsp3) is 0.394. The molecule has 1 saturated heterocycles. The molecule has 2 amide bonds. The Morgan fingerprint density at radius 2 is 1.64 bits per heavy atom. The number of piperazine rings is 1. The largest absolute Gasteiger partial charge is 0.493 e. The summed E-state index contributed by atoms with van der Waals surface area (Å²) in [6.07, 6.45) is 1.48. The van der Waals surface area contributed by atoms with Gasteiger partial charge in [-0.05, 0) is 66.4 Å². The van der Waals surface area contributed by atoms with E-state index < -0.39 is 12.0 Å². The molecule has 1 fully saturated rings. The Labute approximate surface area is 246 Å². The number of para-hydroxylation sites is 1. The average Bonchev–Trinajstić information content (AvgIpc) is 3.03. The first-order valence-electron chi connectivity index (χ1n) is 14.6. The molecule has 220 valence electrons. The molecule has 6 rings (SSSR count). The van der Waals surface area contributed by atoms with Gasteiger partial charge in [0.2, 0.25) is 5.91 Å². The van der Waals surface area contributed by atoms with Crippen molar-refractivity contribution in [3.63, 3.8) is 0 Å². The normalized spacial score (nSPS) is 19.9. The van der Waals surface area contributed by atoms with E-state index in [1.807, 2.05) is 53.4 Å². The summed E-state index contributed by atoms with van der Waals surface area (Å²) in [7, 11) is 3.20. The molecule has 1 N–H and O–H groups in total. The highest BCUT2D eigenvalue weighted by Gasteiger charge is 2.46. The van der Waals surface area contributed by atoms with Gasteiger partial charge in [-0.25, -0.2) is 4.39 Å². The predicted molar refractivity (Wildman–Crippen MR) is 159 cm³/mol. The zero-order valence-electron chi connectivity index (χ0n) is 24.1. The van der Waals surface area contributed by atoms with Crippen LogP contribution < -0.4 is 19.7 Å². The number of nitrogens with one attached hydrogen (secondary N) is 1. The lowest BCUT2D eigenvalue weighted by Gasteiger charge is -2.45. The Balaban J connectivity index is 1.14. The van der Waals surface area contributed by atoms with Crippen LogP contribution >= 0.6 is 0 Å². The van der Waals surface area contributed by atoms with Gasteiger partial charge in [0.05, 0.1) is 31.9 Å². The van der Waals surface area contributed by atoms with Crippen molar-refractivity contribution in [2.45, 2.75) is 24.8 Å². The topological polar surface area (TPSA) is 74.4 Å². The second-order valence-corrected chi connectivity index (χ2v) is 11.1. The van der Waals surface area contributed by atoms with Crippen LogP contribution in [0.1, 0.15) is 45.4 Å². The predicted octanol–water partition coefficient (Wildman–Crippen LogP) is 4.01. The highest BCUT2D eigenvalue weighted by Crippen LogP contribution is 2.48. The molecular formula is C33H37FN4O4. The third-order valence-corrected chi connectivity index (χ3v) is 8.82. The first-order valence-corrected chi connectivity index (χ1v) is 14.6. The van der Waals surface area contributed by atoms with Gasteiger partial charge in [-0.2, -0.15) is 0 Å². The van der Waals surface area contributed by atoms with Crippen molar-refractivity contribution >= 4 is 17.5 Å². The standard InChI is InChI=1S/C33H37FN4O4/c1-41-28-20-22-12-15-38-31(25(22)21-29(28)42-2)30(23-8-3-4-9-24(23)33(38)40)32(39)35-13-7-14-36-16-18-37(19-17-36)27-11-6-5-10-26(27)34/h3-6,8-11,20-21,30-31H,7,12-19H2,1-2H3,(H,35,39). The third-order valence-electron chi connectivity index (χ3n) is 8.82. The lowest BCUT2D eigenvalue weighted by molar-refractivity contribution is -0.124. The second-order valence-electron chi connectivity index (χ2n) is 11.1. The number of fused-ring (bicyclic) bond motifs is 4. The van der Waals surface area contributed by atoms with Gasteiger partial charge in [-0.15, -0.1) is 0 Å². The van der Waals surface area contributed by atoms with Crippen LogP contribution in [0.25, 0.3) is 0 Å². The lowest BCUT2D eigenvalue weighted by atomic mass is 9.75. The summed E-state index contributed by atoms with van der Waals surface area (Å²) in [5.74, 6) is 0.366. The van der Waals surface area contributed by atoms with Gasteiger partial charge in [0.15, 0.2) is 11.5 Å². The van der Waals surface area contributed by atoms with E-state index in [-0.39, 0.29) is 17.6 Å². The van der Waals surface area contributed by atoms with Crippen molar-refractivity contribution in [2.24, 2.45) is 0 Å². The Hall–Kier alpha value is -4.11. The van der Waals surface area contributed by atoms with E-state index >= 15 is 0 Å². The second kappa shape index (κ2) is 12.0. The van der Waals surface area contributed by atoms with Crippen LogP contribution in [0.3, 0.4) is 0 Å². The van der Waals surface area contributed by atoms with Crippen LogP contribution in [0.5, 0.6) is 11.5 Å². The number of hydrogen-bond acceptors (Lipinski definition) is 6.